The third-order valence-electron chi connectivity index (χ3n) is 3.97. The fourth-order valence-electron chi connectivity index (χ4n) is 2.81. The Kier molecular flexibility index (Phi) is 3.82. The summed E-state index contributed by atoms with van der Waals surface area (Å²) in [5, 5.41) is 3.14. The summed E-state index contributed by atoms with van der Waals surface area (Å²) in [6.45, 7) is 4.73. The van der Waals surface area contributed by atoms with Crippen molar-refractivity contribution < 1.29 is 4.79 Å². The molecule has 3 unspecified atom stereocenters. The molecule has 4 heteroatoms. The summed E-state index contributed by atoms with van der Waals surface area (Å²) in [5.41, 5.74) is 5.49. The first-order valence-electron chi connectivity index (χ1n) is 6.45. The number of amides is 1. The molecular formula is C12H23N3O. The Morgan fingerprint density at radius 1 is 1.50 bits per heavy atom. The van der Waals surface area contributed by atoms with E-state index in [0.717, 1.165) is 19.4 Å². The van der Waals surface area contributed by atoms with Gasteiger partial charge < -0.3 is 16.0 Å². The summed E-state index contributed by atoms with van der Waals surface area (Å²) in [6.07, 6.45) is 4.85. The molecule has 2 saturated heterocycles. The van der Waals surface area contributed by atoms with Crippen molar-refractivity contribution in [1.29, 1.82) is 0 Å². The fraction of sp³-hybridized carbons (Fsp3) is 0.917. The van der Waals surface area contributed by atoms with Crippen LogP contribution in [0.15, 0.2) is 0 Å². The number of hydrogen-bond acceptors (Lipinski definition) is 3. The van der Waals surface area contributed by atoms with Crippen LogP contribution in [0.25, 0.3) is 0 Å². The minimum absolute atomic E-state index is 0.0541. The van der Waals surface area contributed by atoms with Crippen LogP contribution in [-0.4, -0.2) is 42.5 Å². The quantitative estimate of drug-likeness (QED) is 0.727. The number of rotatable bonds is 3. The van der Waals surface area contributed by atoms with Crippen molar-refractivity contribution in [2.75, 3.05) is 19.6 Å². The van der Waals surface area contributed by atoms with Crippen LogP contribution >= 0.6 is 0 Å². The molecule has 0 spiro atoms. The molecule has 92 valence electrons. The van der Waals surface area contributed by atoms with E-state index in [2.05, 4.69) is 10.2 Å². The average Bonchev–Trinajstić information content (AvgIpc) is 2.75. The Balaban J connectivity index is 1.81. The summed E-state index contributed by atoms with van der Waals surface area (Å²) in [4.78, 5) is 14.3. The Morgan fingerprint density at radius 2 is 2.31 bits per heavy atom. The Hall–Kier alpha value is -0.610. The van der Waals surface area contributed by atoms with Crippen molar-refractivity contribution in [3.63, 3.8) is 0 Å². The lowest BCUT2D eigenvalue weighted by Crippen LogP contribution is -2.49. The van der Waals surface area contributed by atoms with E-state index in [1.54, 1.807) is 0 Å². The third kappa shape index (κ3) is 2.55. The van der Waals surface area contributed by atoms with Crippen molar-refractivity contribution in [3.05, 3.63) is 0 Å². The second kappa shape index (κ2) is 5.15. The molecule has 2 rings (SSSR count). The lowest BCUT2D eigenvalue weighted by atomic mass is 9.97. The monoisotopic (exact) mass is 225 g/mol. The molecule has 0 bridgehead atoms. The molecule has 0 radical (unpaired) electrons. The predicted octanol–water partition coefficient (Wildman–Crippen LogP) is 0.324. The normalized spacial score (nSPS) is 32.1. The molecule has 0 aromatic carbocycles. The molecule has 1 amide bonds. The zero-order valence-electron chi connectivity index (χ0n) is 10.1. The molecule has 2 aliphatic heterocycles. The molecule has 4 nitrogen and oxygen atoms in total. The summed E-state index contributed by atoms with van der Waals surface area (Å²) in [5.74, 6) is 0.0700. The standard InChI is InChI=1S/C12H23N3O/c1-9(8-13)12(16)14-10-4-6-15-5-2-3-11(15)7-10/h9-11H,2-8,13H2,1H3,(H,14,16). The average molecular weight is 225 g/mol. The van der Waals surface area contributed by atoms with E-state index in [1.807, 2.05) is 6.92 Å². The van der Waals surface area contributed by atoms with E-state index in [1.165, 1.54) is 19.4 Å². The van der Waals surface area contributed by atoms with Gasteiger partial charge in [-0.25, -0.2) is 0 Å². The second-order valence-electron chi connectivity index (χ2n) is 5.20. The van der Waals surface area contributed by atoms with Gasteiger partial charge in [-0.3, -0.25) is 4.79 Å². The van der Waals surface area contributed by atoms with Gasteiger partial charge in [-0.2, -0.15) is 0 Å². The van der Waals surface area contributed by atoms with E-state index in [-0.39, 0.29) is 11.8 Å². The highest BCUT2D eigenvalue weighted by Gasteiger charge is 2.32. The van der Waals surface area contributed by atoms with Gasteiger partial charge in [-0.1, -0.05) is 6.92 Å². The number of piperidine rings is 1. The predicted molar refractivity (Wildman–Crippen MR) is 64.0 cm³/mol. The summed E-state index contributed by atoms with van der Waals surface area (Å²) >= 11 is 0. The molecule has 2 fully saturated rings. The van der Waals surface area contributed by atoms with Crippen LogP contribution in [0.5, 0.6) is 0 Å². The first kappa shape index (κ1) is 11.9. The number of hydrogen-bond donors (Lipinski definition) is 2. The van der Waals surface area contributed by atoms with E-state index in [0.29, 0.717) is 18.6 Å². The Labute approximate surface area is 97.6 Å². The van der Waals surface area contributed by atoms with Crippen molar-refractivity contribution in [3.8, 4) is 0 Å². The third-order valence-corrected chi connectivity index (χ3v) is 3.97. The van der Waals surface area contributed by atoms with E-state index >= 15 is 0 Å². The van der Waals surface area contributed by atoms with Crippen LogP contribution in [0.3, 0.4) is 0 Å². The molecule has 0 aliphatic carbocycles. The zero-order chi connectivity index (χ0) is 11.5. The molecular weight excluding hydrogens is 202 g/mol. The van der Waals surface area contributed by atoms with E-state index in [9.17, 15) is 4.79 Å². The molecule has 16 heavy (non-hydrogen) atoms. The Bertz CT molecular complexity index is 257. The topological polar surface area (TPSA) is 58.4 Å². The minimum Gasteiger partial charge on any atom is -0.353 e. The summed E-state index contributed by atoms with van der Waals surface area (Å²) in [6, 6.07) is 1.09. The number of carbonyl (C=O) groups excluding carboxylic acids is 1. The van der Waals surface area contributed by atoms with E-state index in [4.69, 9.17) is 5.73 Å². The molecule has 0 aromatic heterocycles. The molecule has 0 saturated carbocycles. The SMILES string of the molecule is CC(CN)C(=O)NC1CCN2CCCC2C1. The fourth-order valence-corrected chi connectivity index (χ4v) is 2.81. The second-order valence-corrected chi connectivity index (χ2v) is 5.20. The van der Waals surface area contributed by atoms with Gasteiger partial charge in [0.2, 0.25) is 5.91 Å². The lowest BCUT2D eigenvalue weighted by molar-refractivity contribution is -0.125. The summed E-state index contributed by atoms with van der Waals surface area (Å²) in [7, 11) is 0. The van der Waals surface area contributed by atoms with Gasteiger partial charge in [0.25, 0.3) is 0 Å². The molecule has 3 atom stereocenters. The highest BCUT2D eigenvalue weighted by molar-refractivity contribution is 5.78. The van der Waals surface area contributed by atoms with Gasteiger partial charge in [0.1, 0.15) is 0 Å². The first-order valence-corrected chi connectivity index (χ1v) is 6.45. The molecule has 2 heterocycles. The van der Waals surface area contributed by atoms with Crippen molar-refractivity contribution in [1.82, 2.24) is 10.2 Å². The van der Waals surface area contributed by atoms with Gasteiger partial charge in [0, 0.05) is 31.1 Å². The first-order chi connectivity index (χ1) is 7.70. The van der Waals surface area contributed by atoms with Gasteiger partial charge in [0.05, 0.1) is 0 Å². The maximum absolute atomic E-state index is 11.7. The molecule has 3 N–H and O–H groups in total. The largest absolute Gasteiger partial charge is 0.353 e. The minimum atomic E-state index is -0.0541. The van der Waals surface area contributed by atoms with Crippen LogP contribution in [0.1, 0.15) is 32.6 Å². The van der Waals surface area contributed by atoms with Crippen LogP contribution in [0.2, 0.25) is 0 Å². The van der Waals surface area contributed by atoms with Crippen LogP contribution in [0, 0.1) is 5.92 Å². The number of nitrogens with one attached hydrogen (secondary N) is 1. The molecule has 0 aromatic rings. The van der Waals surface area contributed by atoms with Gasteiger partial charge in [0.15, 0.2) is 0 Å². The number of nitrogens with zero attached hydrogens (tertiary/aromatic N) is 1. The van der Waals surface area contributed by atoms with Crippen molar-refractivity contribution >= 4 is 5.91 Å². The van der Waals surface area contributed by atoms with Crippen molar-refractivity contribution in [2.24, 2.45) is 11.7 Å². The van der Waals surface area contributed by atoms with Crippen molar-refractivity contribution in [2.45, 2.75) is 44.7 Å². The van der Waals surface area contributed by atoms with Crippen LogP contribution in [0.4, 0.5) is 0 Å². The van der Waals surface area contributed by atoms with Gasteiger partial charge in [-0.15, -0.1) is 0 Å². The van der Waals surface area contributed by atoms with Gasteiger partial charge >= 0.3 is 0 Å². The van der Waals surface area contributed by atoms with Crippen LogP contribution < -0.4 is 11.1 Å². The van der Waals surface area contributed by atoms with Gasteiger partial charge in [-0.05, 0) is 32.2 Å². The number of carbonyl (C=O) groups is 1. The maximum Gasteiger partial charge on any atom is 0.224 e. The lowest BCUT2D eigenvalue weighted by Gasteiger charge is -2.35. The molecule has 2 aliphatic rings. The highest BCUT2D eigenvalue weighted by atomic mass is 16.1. The highest BCUT2D eigenvalue weighted by Crippen LogP contribution is 2.26. The van der Waals surface area contributed by atoms with Crippen LogP contribution in [-0.2, 0) is 4.79 Å². The number of fused-ring (bicyclic) bond motifs is 1. The summed E-state index contributed by atoms with van der Waals surface area (Å²) < 4.78 is 0. The smallest absolute Gasteiger partial charge is 0.224 e. The zero-order valence-corrected chi connectivity index (χ0v) is 10.1. The maximum atomic E-state index is 11.7. The van der Waals surface area contributed by atoms with E-state index < -0.39 is 0 Å². The Morgan fingerprint density at radius 3 is 3.06 bits per heavy atom. The number of nitrogens with two attached hydrogens (primary N) is 1.